The van der Waals surface area contributed by atoms with E-state index >= 15 is 0 Å². The minimum atomic E-state index is -1.03. The molecule has 168 valence electrons. The van der Waals surface area contributed by atoms with Gasteiger partial charge < -0.3 is 24.9 Å². The Kier molecular flexibility index (Phi) is 5.60. The predicted molar refractivity (Wildman–Crippen MR) is 111 cm³/mol. The van der Waals surface area contributed by atoms with Gasteiger partial charge >= 0.3 is 6.03 Å². The van der Waals surface area contributed by atoms with E-state index in [0.29, 0.717) is 24.4 Å². The van der Waals surface area contributed by atoms with Gasteiger partial charge in [0.2, 0.25) is 11.7 Å². The zero-order valence-corrected chi connectivity index (χ0v) is 17.5. The number of benzene rings is 1. The van der Waals surface area contributed by atoms with Gasteiger partial charge in [0.05, 0.1) is 24.3 Å². The highest BCUT2D eigenvalue weighted by molar-refractivity contribution is 5.75. The number of aromatic amines is 1. The summed E-state index contributed by atoms with van der Waals surface area (Å²) in [4.78, 5) is 26.9. The van der Waals surface area contributed by atoms with E-state index in [9.17, 15) is 15.2 Å². The van der Waals surface area contributed by atoms with Gasteiger partial charge in [0.1, 0.15) is 6.04 Å². The molecular formula is C21H25N7O4. The van der Waals surface area contributed by atoms with Crippen LogP contribution in [-0.2, 0) is 13.0 Å². The van der Waals surface area contributed by atoms with E-state index in [-0.39, 0.29) is 23.6 Å². The number of aromatic nitrogens is 4. The van der Waals surface area contributed by atoms with Gasteiger partial charge in [-0.25, -0.2) is 15.0 Å². The minimum Gasteiger partial charge on any atom is -0.595 e. The Bertz CT molecular complexity index is 1090. The smallest absolute Gasteiger partial charge is 0.318 e. The molecule has 2 aliphatic rings. The molecule has 0 saturated heterocycles. The number of H-pyrrole nitrogens is 1. The van der Waals surface area contributed by atoms with Gasteiger partial charge in [-0.3, -0.25) is 0 Å². The van der Waals surface area contributed by atoms with Crippen molar-refractivity contribution in [3.05, 3.63) is 53.1 Å². The number of hydrogen-bond acceptors (Lipinski definition) is 7. The summed E-state index contributed by atoms with van der Waals surface area (Å²) in [5.41, 5.74) is 2.44. The van der Waals surface area contributed by atoms with Gasteiger partial charge in [-0.1, -0.05) is 36.6 Å². The monoisotopic (exact) mass is 439 g/mol. The molecule has 11 nitrogen and oxygen atoms in total. The summed E-state index contributed by atoms with van der Waals surface area (Å²) >= 11 is 0. The first-order chi connectivity index (χ1) is 15.6. The lowest BCUT2D eigenvalue weighted by atomic mass is 9.95. The van der Waals surface area contributed by atoms with Crippen LogP contribution in [0.25, 0.3) is 11.4 Å². The molecule has 2 aromatic heterocycles. The number of amides is 2. The second-order valence-corrected chi connectivity index (χ2v) is 8.30. The Balaban J connectivity index is 1.41. The number of quaternary nitrogens is 1. The third kappa shape index (κ3) is 4.09. The highest BCUT2D eigenvalue weighted by Crippen LogP contribution is 2.32. The molecule has 1 aliphatic carbocycles. The number of hydrogen-bond donors (Lipinski definition) is 4. The molecular weight excluding hydrogens is 414 g/mol. The minimum absolute atomic E-state index is 0.140. The fourth-order valence-corrected chi connectivity index (χ4v) is 4.45. The van der Waals surface area contributed by atoms with E-state index < -0.39 is 11.3 Å². The average molecular weight is 439 g/mol. The number of imidazole rings is 1. The van der Waals surface area contributed by atoms with Gasteiger partial charge in [-0.15, -0.1) is 0 Å². The highest BCUT2D eigenvalue weighted by atomic mass is 16.8. The quantitative estimate of drug-likeness (QED) is 0.455. The van der Waals surface area contributed by atoms with Gasteiger partial charge in [-0.2, -0.15) is 10.2 Å². The second-order valence-electron chi connectivity index (χ2n) is 8.30. The first-order valence-corrected chi connectivity index (χ1v) is 10.8. The fourth-order valence-electron chi connectivity index (χ4n) is 4.45. The number of carbonyl (C=O) groups is 1. The molecule has 0 radical (unpaired) electrons. The molecule has 0 spiro atoms. The first-order valence-electron chi connectivity index (χ1n) is 10.8. The molecule has 4 N–H and O–H groups in total. The summed E-state index contributed by atoms with van der Waals surface area (Å²) in [6, 6.07) is 5.92. The summed E-state index contributed by atoms with van der Waals surface area (Å²) in [6.45, 7) is 0.366. The van der Waals surface area contributed by atoms with Crippen LogP contribution in [0.3, 0.4) is 0 Å². The predicted octanol–water partition coefficient (Wildman–Crippen LogP) is 2.00. The average Bonchev–Trinajstić information content (AvgIpc) is 3.48. The van der Waals surface area contributed by atoms with E-state index in [2.05, 4.69) is 25.4 Å². The van der Waals surface area contributed by atoms with Crippen molar-refractivity contribution in [1.29, 1.82) is 0 Å². The summed E-state index contributed by atoms with van der Waals surface area (Å²) in [7, 11) is 0. The van der Waals surface area contributed by atoms with E-state index in [4.69, 9.17) is 4.52 Å². The highest BCUT2D eigenvalue weighted by Gasteiger charge is 2.37. The lowest BCUT2D eigenvalue weighted by Crippen LogP contribution is -2.99. The van der Waals surface area contributed by atoms with Gasteiger partial charge in [0, 0.05) is 30.2 Å². The lowest BCUT2D eigenvalue weighted by molar-refractivity contribution is -0.991. The third-order valence-corrected chi connectivity index (χ3v) is 6.19. The topological polar surface area (TPSA) is 148 Å². The van der Waals surface area contributed by atoms with E-state index in [1.165, 1.54) is 18.6 Å². The molecule has 3 heterocycles. The molecule has 2 atom stereocenters. The molecule has 32 heavy (non-hydrogen) atoms. The molecule has 1 aliphatic heterocycles. The maximum absolute atomic E-state index is 13.2. The maximum Gasteiger partial charge on any atom is 0.318 e. The third-order valence-electron chi connectivity index (χ3n) is 6.19. The number of rotatable bonds is 4. The van der Waals surface area contributed by atoms with Crippen molar-refractivity contribution in [2.45, 2.75) is 57.2 Å². The molecule has 1 saturated carbocycles. The Morgan fingerprint density at radius 3 is 2.97 bits per heavy atom. The van der Waals surface area contributed by atoms with Crippen LogP contribution >= 0.6 is 0 Å². The summed E-state index contributed by atoms with van der Waals surface area (Å²) in [6.07, 6.45) is 7.52. The zero-order chi connectivity index (χ0) is 22.1. The normalized spacial score (nSPS) is 20.1. The molecule has 5 rings (SSSR count). The number of nitrogens with zero attached hydrogens (tertiary/aromatic N) is 4. The number of carbonyl (C=O) groups excluding carboxylic acids is 1. The molecule has 3 aromatic rings. The molecule has 1 aromatic carbocycles. The van der Waals surface area contributed by atoms with Crippen LogP contribution in [0, 0.1) is 5.21 Å². The van der Waals surface area contributed by atoms with Crippen LogP contribution in [0.5, 0.6) is 0 Å². The van der Waals surface area contributed by atoms with Crippen molar-refractivity contribution in [3.8, 4) is 11.4 Å². The molecule has 11 heteroatoms. The van der Waals surface area contributed by atoms with Crippen LogP contribution < -0.4 is 10.5 Å². The lowest BCUT2D eigenvalue weighted by Gasteiger charge is -2.34. The molecule has 2 amide bonds. The van der Waals surface area contributed by atoms with E-state index in [0.717, 1.165) is 37.1 Å². The number of nitrogens with one attached hydrogen (secondary N) is 3. The van der Waals surface area contributed by atoms with Crippen molar-refractivity contribution < 1.29 is 19.8 Å². The Morgan fingerprint density at radius 2 is 2.16 bits per heavy atom. The SMILES string of the molecule is O=C(NC1CCCCC1)N1Cc2[nH]cnc2CC1c1nc(-c2cccc([NH+]([O-])O)c2)no1. The van der Waals surface area contributed by atoms with Crippen LogP contribution in [0.4, 0.5) is 10.5 Å². The fraction of sp³-hybridized carbons (Fsp3) is 0.429. The largest absolute Gasteiger partial charge is 0.595 e. The van der Waals surface area contributed by atoms with Gasteiger partial charge in [0.15, 0.2) is 5.69 Å². The number of fused-ring (bicyclic) bond motifs is 1. The Morgan fingerprint density at radius 1 is 1.31 bits per heavy atom. The summed E-state index contributed by atoms with van der Waals surface area (Å²) < 4.78 is 5.55. The van der Waals surface area contributed by atoms with Crippen LogP contribution in [0.2, 0.25) is 0 Å². The van der Waals surface area contributed by atoms with Crippen molar-refractivity contribution >= 4 is 11.7 Å². The first kappa shape index (κ1) is 20.6. The van der Waals surface area contributed by atoms with Crippen molar-refractivity contribution in [1.82, 2.24) is 30.3 Å². The number of urea groups is 1. The van der Waals surface area contributed by atoms with E-state index in [1.54, 1.807) is 23.4 Å². The van der Waals surface area contributed by atoms with E-state index in [1.807, 2.05) is 0 Å². The molecule has 0 bridgehead atoms. The van der Waals surface area contributed by atoms with Crippen molar-refractivity contribution in [2.24, 2.45) is 0 Å². The Hall–Kier alpha value is -3.28. The summed E-state index contributed by atoms with van der Waals surface area (Å²) in [5, 5.41) is 26.7. The second kappa shape index (κ2) is 8.69. The molecule has 1 fully saturated rings. The van der Waals surface area contributed by atoms with Gasteiger partial charge in [0.25, 0.3) is 0 Å². The zero-order valence-electron chi connectivity index (χ0n) is 17.5. The van der Waals surface area contributed by atoms with Crippen LogP contribution in [0.15, 0.2) is 35.1 Å². The van der Waals surface area contributed by atoms with Crippen LogP contribution in [0.1, 0.15) is 55.4 Å². The Labute approximate surface area is 184 Å². The van der Waals surface area contributed by atoms with Crippen molar-refractivity contribution in [3.63, 3.8) is 0 Å². The van der Waals surface area contributed by atoms with Crippen molar-refractivity contribution in [2.75, 3.05) is 0 Å². The standard InChI is InChI=1S/C21H25N7O4/c29-21(24-14-6-2-1-3-7-14)27-11-17-16(22-12-23-17)10-18(27)20-25-19(26-32-20)13-5-4-8-15(9-13)28(30)31/h4-5,8-9,12,14,18,28,30H,1-3,6-7,10-11H2,(H,22,23)(H,24,29). The molecule has 2 unspecified atom stereocenters. The summed E-state index contributed by atoms with van der Waals surface area (Å²) in [5.74, 6) is 0.580. The maximum atomic E-state index is 13.2. The van der Waals surface area contributed by atoms with Gasteiger partial charge in [-0.05, 0) is 12.8 Å². The van der Waals surface area contributed by atoms with Crippen LogP contribution in [-0.4, -0.2) is 42.3 Å².